The molecule has 1 saturated carbocycles. The third-order valence-electron chi connectivity index (χ3n) is 3.62. The third-order valence-corrected chi connectivity index (χ3v) is 3.62. The molecule has 1 aromatic carbocycles. The number of benzene rings is 1. The maximum Gasteiger partial charge on any atom is 0.194 e. The van der Waals surface area contributed by atoms with Gasteiger partial charge in [-0.1, -0.05) is 12.8 Å². The number of halogens is 3. The average Bonchev–Trinajstić information content (AvgIpc) is 3.05. The summed E-state index contributed by atoms with van der Waals surface area (Å²) in [7, 11) is 0. The molecule has 0 unspecified atom stereocenters. The van der Waals surface area contributed by atoms with E-state index in [1.807, 2.05) is 6.07 Å². The molecule has 2 nitrogen and oxygen atoms in total. The Labute approximate surface area is 108 Å². The van der Waals surface area contributed by atoms with E-state index >= 15 is 0 Å². The Morgan fingerprint density at radius 3 is 2.32 bits per heavy atom. The van der Waals surface area contributed by atoms with Gasteiger partial charge in [0.1, 0.15) is 0 Å². The molecule has 1 aliphatic carbocycles. The van der Waals surface area contributed by atoms with Crippen molar-refractivity contribution in [2.24, 2.45) is 0 Å². The van der Waals surface area contributed by atoms with E-state index in [0.717, 1.165) is 30.7 Å². The Bertz CT molecular complexity index is 577. The van der Waals surface area contributed by atoms with Gasteiger partial charge in [-0.3, -0.25) is 0 Å². The molecule has 0 saturated heterocycles. The molecular weight excluding hydrogens is 253 g/mol. The van der Waals surface area contributed by atoms with Crippen LogP contribution in [0.2, 0.25) is 0 Å². The van der Waals surface area contributed by atoms with Gasteiger partial charge in [0.15, 0.2) is 17.5 Å². The lowest BCUT2D eigenvalue weighted by Crippen LogP contribution is -2.01. The first-order chi connectivity index (χ1) is 9.15. The van der Waals surface area contributed by atoms with Crippen molar-refractivity contribution >= 4 is 0 Å². The lowest BCUT2D eigenvalue weighted by atomic mass is 10.1. The fraction of sp³-hybridized carbons (Fsp3) is 0.357. The highest BCUT2D eigenvalue weighted by Crippen LogP contribution is 2.33. The van der Waals surface area contributed by atoms with Gasteiger partial charge in [-0.15, -0.1) is 0 Å². The van der Waals surface area contributed by atoms with Crippen molar-refractivity contribution < 1.29 is 13.2 Å². The normalized spacial score (nSPS) is 16.2. The van der Waals surface area contributed by atoms with Crippen molar-refractivity contribution in [3.8, 4) is 5.69 Å². The van der Waals surface area contributed by atoms with Gasteiger partial charge in [0.25, 0.3) is 0 Å². The second-order valence-electron chi connectivity index (χ2n) is 4.89. The molecule has 1 heterocycles. The van der Waals surface area contributed by atoms with Crippen molar-refractivity contribution in [1.82, 2.24) is 9.78 Å². The molecule has 0 aliphatic heterocycles. The second kappa shape index (κ2) is 4.72. The van der Waals surface area contributed by atoms with Crippen LogP contribution in [0, 0.1) is 17.5 Å². The minimum Gasteiger partial charge on any atom is -0.240 e. The maximum absolute atomic E-state index is 13.2. The molecule has 0 atom stereocenters. The minimum atomic E-state index is -1.45. The summed E-state index contributed by atoms with van der Waals surface area (Å²) in [4.78, 5) is 0. The van der Waals surface area contributed by atoms with Crippen LogP contribution in [-0.4, -0.2) is 9.78 Å². The fourth-order valence-electron chi connectivity index (χ4n) is 2.60. The van der Waals surface area contributed by atoms with Crippen LogP contribution in [0.1, 0.15) is 37.3 Å². The Morgan fingerprint density at radius 1 is 1.05 bits per heavy atom. The minimum absolute atomic E-state index is 0.195. The second-order valence-corrected chi connectivity index (χ2v) is 4.89. The first-order valence-corrected chi connectivity index (χ1v) is 6.35. The summed E-state index contributed by atoms with van der Waals surface area (Å²) >= 11 is 0. The third kappa shape index (κ3) is 2.25. The van der Waals surface area contributed by atoms with E-state index in [4.69, 9.17) is 0 Å². The lowest BCUT2D eigenvalue weighted by molar-refractivity contribution is 0.446. The predicted molar refractivity (Wildman–Crippen MR) is 64.6 cm³/mol. The summed E-state index contributed by atoms with van der Waals surface area (Å²) in [5, 5.41) is 4.34. The zero-order chi connectivity index (χ0) is 13.4. The molecule has 2 aromatic rings. The summed E-state index contributed by atoms with van der Waals surface area (Å²) in [5.74, 6) is -3.43. The van der Waals surface area contributed by atoms with Crippen LogP contribution in [0.3, 0.4) is 0 Å². The van der Waals surface area contributed by atoms with E-state index in [1.165, 1.54) is 17.5 Å². The topological polar surface area (TPSA) is 17.8 Å². The summed E-state index contributed by atoms with van der Waals surface area (Å²) in [6.45, 7) is 0. The molecule has 1 fully saturated rings. The molecule has 1 aromatic heterocycles. The zero-order valence-electron chi connectivity index (χ0n) is 10.2. The highest BCUT2D eigenvalue weighted by atomic mass is 19.2. The lowest BCUT2D eigenvalue weighted by Gasteiger charge is -2.05. The van der Waals surface area contributed by atoms with Crippen LogP contribution in [0.4, 0.5) is 13.2 Å². The quantitative estimate of drug-likeness (QED) is 0.753. The van der Waals surface area contributed by atoms with E-state index in [9.17, 15) is 13.2 Å². The van der Waals surface area contributed by atoms with Gasteiger partial charge < -0.3 is 0 Å². The molecule has 3 rings (SSSR count). The van der Waals surface area contributed by atoms with Gasteiger partial charge in [0.05, 0.1) is 11.4 Å². The first-order valence-electron chi connectivity index (χ1n) is 6.35. The summed E-state index contributed by atoms with van der Waals surface area (Å²) < 4.78 is 40.6. The van der Waals surface area contributed by atoms with Crippen molar-refractivity contribution in [2.75, 3.05) is 0 Å². The van der Waals surface area contributed by atoms with Crippen molar-refractivity contribution in [3.63, 3.8) is 0 Å². The van der Waals surface area contributed by atoms with Crippen LogP contribution in [0.5, 0.6) is 0 Å². The molecule has 100 valence electrons. The fourth-order valence-corrected chi connectivity index (χ4v) is 2.60. The van der Waals surface area contributed by atoms with E-state index in [0.29, 0.717) is 5.92 Å². The molecule has 0 radical (unpaired) electrons. The number of hydrogen-bond acceptors (Lipinski definition) is 1. The number of aromatic nitrogens is 2. The molecule has 0 bridgehead atoms. The Morgan fingerprint density at radius 2 is 1.68 bits per heavy atom. The van der Waals surface area contributed by atoms with E-state index in [1.54, 1.807) is 6.20 Å². The summed E-state index contributed by atoms with van der Waals surface area (Å²) in [6, 6.07) is 3.75. The van der Waals surface area contributed by atoms with Crippen LogP contribution < -0.4 is 0 Å². The number of rotatable bonds is 2. The van der Waals surface area contributed by atoms with Gasteiger partial charge >= 0.3 is 0 Å². The molecule has 0 spiro atoms. The van der Waals surface area contributed by atoms with Crippen LogP contribution in [0.15, 0.2) is 24.4 Å². The molecule has 0 amide bonds. The largest absolute Gasteiger partial charge is 0.240 e. The molecule has 19 heavy (non-hydrogen) atoms. The molecule has 1 aliphatic rings. The summed E-state index contributed by atoms with van der Waals surface area (Å²) in [5.41, 5.74) is 1.13. The van der Waals surface area contributed by atoms with Gasteiger partial charge in [0.2, 0.25) is 0 Å². The van der Waals surface area contributed by atoms with Gasteiger partial charge in [-0.05, 0) is 18.9 Å². The smallest absolute Gasteiger partial charge is 0.194 e. The Hall–Kier alpha value is -1.78. The first kappa shape index (κ1) is 12.3. The summed E-state index contributed by atoms with van der Waals surface area (Å²) in [6.07, 6.45) is 6.24. The molecular formula is C14H13F3N2. The number of hydrogen-bond donors (Lipinski definition) is 0. The van der Waals surface area contributed by atoms with Gasteiger partial charge in [-0.25, -0.2) is 17.9 Å². The average molecular weight is 266 g/mol. The van der Waals surface area contributed by atoms with Crippen molar-refractivity contribution in [3.05, 3.63) is 47.5 Å². The highest BCUT2D eigenvalue weighted by molar-refractivity contribution is 5.33. The Balaban J connectivity index is 1.94. The van der Waals surface area contributed by atoms with Crippen molar-refractivity contribution in [2.45, 2.75) is 31.6 Å². The standard InChI is InChI=1S/C14H13F3N2/c15-11-7-10(8-12(16)14(11)17)19-6-5-13(18-19)9-3-1-2-4-9/h5-9H,1-4H2. The van der Waals surface area contributed by atoms with E-state index in [2.05, 4.69) is 5.10 Å². The van der Waals surface area contributed by atoms with Crippen LogP contribution in [0.25, 0.3) is 5.69 Å². The zero-order valence-corrected chi connectivity index (χ0v) is 10.2. The van der Waals surface area contributed by atoms with Gasteiger partial charge in [-0.2, -0.15) is 5.10 Å². The number of nitrogens with zero attached hydrogens (tertiary/aromatic N) is 2. The molecule has 0 N–H and O–H groups in total. The SMILES string of the molecule is Fc1cc(-n2ccc(C3CCCC3)n2)cc(F)c1F. The monoisotopic (exact) mass is 266 g/mol. The Kier molecular flexibility index (Phi) is 3.05. The van der Waals surface area contributed by atoms with E-state index < -0.39 is 17.5 Å². The van der Waals surface area contributed by atoms with Crippen molar-refractivity contribution in [1.29, 1.82) is 0 Å². The van der Waals surface area contributed by atoms with Gasteiger partial charge in [0, 0.05) is 24.2 Å². The predicted octanol–water partition coefficient (Wildman–Crippen LogP) is 3.95. The van der Waals surface area contributed by atoms with E-state index in [-0.39, 0.29) is 5.69 Å². The van der Waals surface area contributed by atoms with Crippen LogP contribution in [-0.2, 0) is 0 Å². The van der Waals surface area contributed by atoms with Crippen LogP contribution >= 0.6 is 0 Å². The molecule has 5 heteroatoms. The maximum atomic E-state index is 13.2. The highest BCUT2D eigenvalue weighted by Gasteiger charge is 2.20.